The summed E-state index contributed by atoms with van der Waals surface area (Å²) in [5.74, 6) is 0.216. The molecular weight excluding hydrogens is 297 g/mol. The molecule has 0 N–H and O–H groups in total. The van der Waals surface area contributed by atoms with E-state index in [4.69, 9.17) is 27.9 Å². The van der Waals surface area contributed by atoms with Gasteiger partial charge in [0.2, 0.25) is 0 Å². The van der Waals surface area contributed by atoms with E-state index in [0.717, 1.165) is 12.0 Å². The summed E-state index contributed by atoms with van der Waals surface area (Å²) in [5.41, 5.74) is 0.535. The van der Waals surface area contributed by atoms with Crippen LogP contribution in [0, 0.1) is 0 Å². The molecule has 1 aromatic rings. The zero-order valence-corrected chi connectivity index (χ0v) is 13.5. The van der Waals surface area contributed by atoms with Gasteiger partial charge in [-0.15, -0.1) is 0 Å². The van der Waals surface area contributed by atoms with Crippen molar-refractivity contribution < 1.29 is 9.53 Å². The number of halogens is 2. The zero-order chi connectivity index (χ0) is 14.9. The summed E-state index contributed by atoms with van der Waals surface area (Å²) in [6.45, 7) is 6.91. The zero-order valence-electron chi connectivity index (χ0n) is 12.0. The van der Waals surface area contributed by atoms with Crippen molar-refractivity contribution in [2.24, 2.45) is 0 Å². The van der Waals surface area contributed by atoms with E-state index in [-0.39, 0.29) is 12.0 Å². The highest BCUT2D eigenvalue weighted by molar-refractivity contribution is 6.33. The molecule has 0 spiro atoms. The number of amides is 1. The highest BCUT2D eigenvalue weighted by atomic mass is 35.5. The van der Waals surface area contributed by atoms with E-state index in [1.807, 2.05) is 26.8 Å². The van der Waals surface area contributed by atoms with Crippen LogP contribution >= 0.6 is 23.2 Å². The fourth-order valence-corrected chi connectivity index (χ4v) is 2.79. The van der Waals surface area contributed by atoms with Crippen molar-refractivity contribution in [3.8, 4) is 0 Å². The molecule has 0 radical (unpaired) electrons. The Morgan fingerprint density at radius 3 is 2.70 bits per heavy atom. The van der Waals surface area contributed by atoms with Crippen molar-refractivity contribution in [2.45, 2.75) is 38.7 Å². The molecule has 1 aliphatic heterocycles. The first-order chi connectivity index (χ1) is 9.26. The molecule has 5 heteroatoms. The molecule has 0 unspecified atom stereocenters. The van der Waals surface area contributed by atoms with E-state index >= 15 is 0 Å². The van der Waals surface area contributed by atoms with E-state index in [1.165, 1.54) is 0 Å². The molecule has 0 bridgehead atoms. The predicted octanol–water partition coefficient (Wildman–Crippen LogP) is 4.72. The second-order valence-electron chi connectivity index (χ2n) is 6.08. The standard InChI is InChI=1S/C15H19Cl2NO2/c1-15(2,3)20-14(19)18-7-6-10(9-18)12-8-11(16)4-5-13(12)17/h4-5,8,10H,6-7,9H2,1-3H3/t10-/m0/s1. The second-order valence-corrected chi connectivity index (χ2v) is 6.92. The average molecular weight is 316 g/mol. The van der Waals surface area contributed by atoms with Crippen LogP contribution in [0.15, 0.2) is 18.2 Å². The molecule has 0 saturated carbocycles. The monoisotopic (exact) mass is 315 g/mol. The molecule has 1 atom stereocenters. The molecule has 1 fully saturated rings. The molecule has 1 aliphatic rings. The van der Waals surface area contributed by atoms with Crippen molar-refractivity contribution in [3.05, 3.63) is 33.8 Å². The Bertz CT molecular complexity index is 511. The summed E-state index contributed by atoms with van der Waals surface area (Å²) in [5, 5.41) is 1.37. The lowest BCUT2D eigenvalue weighted by Crippen LogP contribution is -2.35. The molecule has 0 aliphatic carbocycles. The van der Waals surface area contributed by atoms with Crippen molar-refractivity contribution in [1.82, 2.24) is 4.90 Å². The first-order valence-electron chi connectivity index (χ1n) is 6.69. The van der Waals surface area contributed by atoms with Gasteiger partial charge in [0.05, 0.1) is 0 Å². The second kappa shape index (κ2) is 5.82. The maximum atomic E-state index is 12.0. The van der Waals surface area contributed by atoms with Crippen LogP contribution in [0.25, 0.3) is 0 Å². The fraction of sp³-hybridized carbons (Fsp3) is 0.533. The summed E-state index contributed by atoms with van der Waals surface area (Å²) in [4.78, 5) is 13.8. The Morgan fingerprint density at radius 1 is 1.35 bits per heavy atom. The summed E-state index contributed by atoms with van der Waals surface area (Å²) in [7, 11) is 0. The van der Waals surface area contributed by atoms with E-state index in [2.05, 4.69) is 0 Å². The van der Waals surface area contributed by atoms with Crippen LogP contribution in [0.3, 0.4) is 0 Å². The first-order valence-corrected chi connectivity index (χ1v) is 7.45. The molecule has 2 rings (SSSR count). The van der Waals surface area contributed by atoms with Gasteiger partial charge in [-0.25, -0.2) is 4.79 Å². The third-order valence-electron chi connectivity index (χ3n) is 3.24. The van der Waals surface area contributed by atoms with Crippen LogP contribution < -0.4 is 0 Å². The number of ether oxygens (including phenoxy) is 1. The number of hydrogen-bond donors (Lipinski definition) is 0. The minimum Gasteiger partial charge on any atom is -0.444 e. The molecule has 1 amide bonds. The largest absolute Gasteiger partial charge is 0.444 e. The number of likely N-dealkylation sites (tertiary alicyclic amines) is 1. The highest BCUT2D eigenvalue weighted by Gasteiger charge is 2.31. The molecule has 1 aromatic carbocycles. The van der Waals surface area contributed by atoms with Gasteiger partial charge < -0.3 is 9.64 Å². The third kappa shape index (κ3) is 3.80. The van der Waals surface area contributed by atoms with E-state index < -0.39 is 5.60 Å². The van der Waals surface area contributed by atoms with Crippen LogP contribution in [0.2, 0.25) is 10.0 Å². The molecule has 0 aromatic heterocycles. The van der Waals surface area contributed by atoms with Crippen molar-refractivity contribution in [3.63, 3.8) is 0 Å². The Morgan fingerprint density at radius 2 is 2.05 bits per heavy atom. The quantitative estimate of drug-likeness (QED) is 0.750. The van der Waals surface area contributed by atoms with Crippen LogP contribution in [-0.4, -0.2) is 29.7 Å². The molecule has 20 heavy (non-hydrogen) atoms. The van der Waals surface area contributed by atoms with Crippen molar-refractivity contribution in [2.75, 3.05) is 13.1 Å². The maximum absolute atomic E-state index is 12.0. The van der Waals surface area contributed by atoms with Crippen LogP contribution in [0.1, 0.15) is 38.7 Å². The SMILES string of the molecule is CC(C)(C)OC(=O)N1CC[C@H](c2cc(Cl)ccc2Cl)C1. The lowest BCUT2D eigenvalue weighted by atomic mass is 9.98. The topological polar surface area (TPSA) is 29.5 Å². The maximum Gasteiger partial charge on any atom is 0.410 e. The van der Waals surface area contributed by atoms with Gasteiger partial charge in [-0.3, -0.25) is 0 Å². The summed E-state index contributed by atoms with van der Waals surface area (Å²) >= 11 is 12.2. The van der Waals surface area contributed by atoms with Crippen molar-refractivity contribution in [1.29, 1.82) is 0 Å². The number of rotatable bonds is 1. The average Bonchev–Trinajstić information content (AvgIpc) is 2.79. The van der Waals surface area contributed by atoms with Gasteiger partial charge in [0.25, 0.3) is 0 Å². The predicted molar refractivity (Wildman–Crippen MR) is 81.6 cm³/mol. The van der Waals surface area contributed by atoms with Gasteiger partial charge in [0.1, 0.15) is 5.60 Å². The summed E-state index contributed by atoms with van der Waals surface area (Å²) in [6.07, 6.45) is 0.609. The Hall–Kier alpha value is -0.930. The number of hydrogen-bond acceptors (Lipinski definition) is 2. The Labute approximate surface area is 129 Å². The van der Waals surface area contributed by atoms with E-state index in [1.54, 1.807) is 17.0 Å². The van der Waals surface area contributed by atoms with Crippen molar-refractivity contribution >= 4 is 29.3 Å². The lowest BCUT2D eigenvalue weighted by molar-refractivity contribution is 0.0292. The van der Waals surface area contributed by atoms with Crippen LogP contribution in [0.5, 0.6) is 0 Å². The van der Waals surface area contributed by atoms with E-state index in [9.17, 15) is 4.79 Å². The molecule has 1 heterocycles. The van der Waals surface area contributed by atoms with Gasteiger partial charge in [0, 0.05) is 29.1 Å². The summed E-state index contributed by atoms with van der Waals surface area (Å²) < 4.78 is 5.39. The van der Waals surface area contributed by atoms with Crippen LogP contribution in [0.4, 0.5) is 4.79 Å². The number of benzene rings is 1. The smallest absolute Gasteiger partial charge is 0.410 e. The number of nitrogens with zero attached hydrogens (tertiary/aromatic N) is 1. The third-order valence-corrected chi connectivity index (χ3v) is 3.82. The first kappa shape index (κ1) is 15.5. The fourth-order valence-electron chi connectivity index (χ4n) is 2.33. The molecular formula is C15H19Cl2NO2. The normalized spacial score (nSPS) is 19.2. The minimum atomic E-state index is -0.469. The molecule has 3 nitrogen and oxygen atoms in total. The van der Waals surface area contributed by atoms with Gasteiger partial charge in [-0.2, -0.15) is 0 Å². The highest BCUT2D eigenvalue weighted by Crippen LogP contribution is 2.34. The van der Waals surface area contributed by atoms with Gasteiger partial charge in [0.15, 0.2) is 0 Å². The van der Waals surface area contributed by atoms with Crippen LogP contribution in [-0.2, 0) is 4.74 Å². The molecule has 110 valence electrons. The molecule has 1 saturated heterocycles. The Balaban J connectivity index is 2.05. The Kier molecular flexibility index (Phi) is 4.50. The van der Waals surface area contributed by atoms with E-state index in [0.29, 0.717) is 23.1 Å². The summed E-state index contributed by atoms with van der Waals surface area (Å²) in [6, 6.07) is 5.45. The minimum absolute atomic E-state index is 0.216. The van der Waals surface area contributed by atoms with Gasteiger partial charge in [-0.05, 0) is 51.0 Å². The number of carbonyl (C=O) groups is 1. The van der Waals surface area contributed by atoms with Gasteiger partial charge in [-0.1, -0.05) is 23.2 Å². The number of carbonyl (C=O) groups excluding carboxylic acids is 1. The van der Waals surface area contributed by atoms with Gasteiger partial charge >= 0.3 is 6.09 Å². The lowest BCUT2D eigenvalue weighted by Gasteiger charge is -2.24.